The second kappa shape index (κ2) is 5.34. The Morgan fingerprint density at radius 2 is 1.95 bits per heavy atom. The number of rotatable bonds is 4. The average Bonchev–Trinajstić information content (AvgIpc) is 2.93. The average molecular weight is 269 g/mol. The highest BCUT2D eigenvalue weighted by atomic mass is 16.5. The standard InChI is InChI=1S/C14H15N5O/c1-9(2)17-8-13-18-14(19-20-13)10-3-4-11-12(7-10)16-6-5-15-11/h3-7,9,17H,8H2,1-2H3. The molecule has 3 rings (SSSR count). The Morgan fingerprint density at radius 3 is 2.75 bits per heavy atom. The molecule has 0 radical (unpaired) electrons. The van der Waals surface area contributed by atoms with E-state index in [1.54, 1.807) is 12.4 Å². The Balaban J connectivity index is 1.87. The van der Waals surface area contributed by atoms with Crippen molar-refractivity contribution < 1.29 is 4.52 Å². The molecular weight excluding hydrogens is 254 g/mol. The van der Waals surface area contributed by atoms with Crippen LogP contribution in [0.5, 0.6) is 0 Å². The van der Waals surface area contributed by atoms with Gasteiger partial charge in [0.2, 0.25) is 11.7 Å². The number of aromatic nitrogens is 4. The van der Waals surface area contributed by atoms with Gasteiger partial charge in [0, 0.05) is 24.0 Å². The van der Waals surface area contributed by atoms with E-state index >= 15 is 0 Å². The van der Waals surface area contributed by atoms with Gasteiger partial charge >= 0.3 is 0 Å². The first-order valence-electron chi connectivity index (χ1n) is 6.49. The van der Waals surface area contributed by atoms with E-state index in [-0.39, 0.29) is 0 Å². The summed E-state index contributed by atoms with van der Waals surface area (Å²) in [7, 11) is 0. The van der Waals surface area contributed by atoms with Crippen LogP contribution in [0.4, 0.5) is 0 Å². The van der Waals surface area contributed by atoms with Gasteiger partial charge in [0.15, 0.2) is 0 Å². The number of hydrogen-bond acceptors (Lipinski definition) is 6. The SMILES string of the molecule is CC(C)NCc1nc(-c2ccc3nccnc3c2)no1. The molecule has 6 nitrogen and oxygen atoms in total. The van der Waals surface area contributed by atoms with Crippen LogP contribution >= 0.6 is 0 Å². The van der Waals surface area contributed by atoms with Gasteiger partial charge in [-0.15, -0.1) is 0 Å². The van der Waals surface area contributed by atoms with Gasteiger partial charge in [0.1, 0.15) is 0 Å². The zero-order valence-corrected chi connectivity index (χ0v) is 11.4. The van der Waals surface area contributed by atoms with Gasteiger partial charge in [-0.05, 0) is 18.2 Å². The molecule has 0 aliphatic heterocycles. The van der Waals surface area contributed by atoms with E-state index in [2.05, 4.69) is 39.3 Å². The van der Waals surface area contributed by atoms with Crippen LogP contribution in [-0.4, -0.2) is 26.2 Å². The van der Waals surface area contributed by atoms with Crippen molar-refractivity contribution in [3.8, 4) is 11.4 Å². The van der Waals surface area contributed by atoms with E-state index in [0.717, 1.165) is 16.6 Å². The summed E-state index contributed by atoms with van der Waals surface area (Å²) in [5.74, 6) is 1.14. The molecule has 0 unspecified atom stereocenters. The Morgan fingerprint density at radius 1 is 1.15 bits per heavy atom. The van der Waals surface area contributed by atoms with Crippen LogP contribution in [0.1, 0.15) is 19.7 Å². The van der Waals surface area contributed by atoms with Gasteiger partial charge in [-0.1, -0.05) is 19.0 Å². The summed E-state index contributed by atoms with van der Waals surface area (Å²) in [5, 5.41) is 7.23. The van der Waals surface area contributed by atoms with Crippen molar-refractivity contribution >= 4 is 11.0 Å². The van der Waals surface area contributed by atoms with Crippen LogP contribution in [0, 0.1) is 0 Å². The highest BCUT2D eigenvalue weighted by molar-refractivity contribution is 5.79. The van der Waals surface area contributed by atoms with Crippen molar-refractivity contribution in [1.82, 2.24) is 25.4 Å². The normalized spacial score (nSPS) is 11.3. The van der Waals surface area contributed by atoms with Gasteiger partial charge in [0.25, 0.3) is 0 Å². The first-order chi connectivity index (χ1) is 9.72. The lowest BCUT2D eigenvalue weighted by Crippen LogP contribution is -2.21. The molecule has 0 spiro atoms. The fourth-order valence-electron chi connectivity index (χ4n) is 1.84. The summed E-state index contributed by atoms with van der Waals surface area (Å²) >= 11 is 0. The van der Waals surface area contributed by atoms with Crippen LogP contribution < -0.4 is 5.32 Å². The Labute approximate surface area is 116 Å². The Kier molecular flexibility index (Phi) is 3.39. The monoisotopic (exact) mass is 269 g/mol. The molecular formula is C14H15N5O. The number of hydrogen-bond donors (Lipinski definition) is 1. The zero-order chi connectivity index (χ0) is 13.9. The number of nitrogens with one attached hydrogen (secondary N) is 1. The molecule has 3 aromatic rings. The van der Waals surface area contributed by atoms with Crippen LogP contribution in [-0.2, 0) is 6.54 Å². The van der Waals surface area contributed by atoms with Gasteiger partial charge in [-0.25, -0.2) is 0 Å². The van der Waals surface area contributed by atoms with Gasteiger partial charge in [-0.2, -0.15) is 4.98 Å². The molecule has 0 aliphatic carbocycles. The predicted molar refractivity (Wildman–Crippen MR) is 74.8 cm³/mol. The lowest BCUT2D eigenvalue weighted by molar-refractivity contribution is 0.362. The first-order valence-corrected chi connectivity index (χ1v) is 6.49. The summed E-state index contributed by atoms with van der Waals surface area (Å²) in [6, 6.07) is 6.11. The van der Waals surface area contributed by atoms with Crippen molar-refractivity contribution in [2.75, 3.05) is 0 Å². The molecule has 2 aromatic heterocycles. The minimum atomic E-state index is 0.376. The number of fused-ring (bicyclic) bond motifs is 1. The van der Waals surface area contributed by atoms with Crippen LogP contribution in [0.2, 0.25) is 0 Å². The van der Waals surface area contributed by atoms with E-state index in [1.165, 1.54) is 0 Å². The maximum absolute atomic E-state index is 5.22. The highest BCUT2D eigenvalue weighted by Crippen LogP contribution is 2.19. The molecule has 0 atom stereocenters. The maximum atomic E-state index is 5.22. The van der Waals surface area contributed by atoms with E-state index in [0.29, 0.717) is 24.3 Å². The largest absolute Gasteiger partial charge is 0.338 e. The summed E-state index contributed by atoms with van der Waals surface area (Å²) < 4.78 is 5.22. The van der Waals surface area contributed by atoms with Gasteiger partial charge in [-0.3, -0.25) is 9.97 Å². The van der Waals surface area contributed by atoms with Crippen molar-refractivity contribution in [1.29, 1.82) is 0 Å². The number of nitrogens with zero attached hydrogens (tertiary/aromatic N) is 4. The van der Waals surface area contributed by atoms with Crippen LogP contribution in [0.25, 0.3) is 22.4 Å². The lowest BCUT2D eigenvalue weighted by atomic mass is 10.2. The maximum Gasteiger partial charge on any atom is 0.240 e. The second-order valence-electron chi connectivity index (χ2n) is 4.81. The molecule has 6 heteroatoms. The zero-order valence-electron chi connectivity index (χ0n) is 11.4. The third-order valence-corrected chi connectivity index (χ3v) is 2.86. The molecule has 0 saturated heterocycles. The van der Waals surface area contributed by atoms with E-state index in [9.17, 15) is 0 Å². The van der Waals surface area contributed by atoms with Crippen LogP contribution in [0.3, 0.4) is 0 Å². The molecule has 0 amide bonds. The van der Waals surface area contributed by atoms with Crippen molar-refractivity contribution in [2.45, 2.75) is 26.4 Å². The Hall–Kier alpha value is -2.34. The highest BCUT2D eigenvalue weighted by Gasteiger charge is 2.09. The fourth-order valence-corrected chi connectivity index (χ4v) is 1.84. The van der Waals surface area contributed by atoms with Crippen molar-refractivity contribution in [3.05, 3.63) is 36.5 Å². The molecule has 102 valence electrons. The second-order valence-corrected chi connectivity index (χ2v) is 4.81. The first kappa shape index (κ1) is 12.7. The molecule has 0 bridgehead atoms. The quantitative estimate of drug-likeness (QED) is 0.782. The van der Waals surface area contributed by atoms with Crippen LogP contribution in [0.15, 0.2) is 35.1 Å². The topological polar surface area (TPSA) is 76.7 Å². The minimum absolute atomic E-state index is 0.376. The fraction of sp³-hybridized carbons (Fsp3) is 0.286. The van der Waals surface area contributed by atoms with E-state index < -0.39 is 0 Å². The van der Waals surface area contributed by atoms with E-state index in [1.807, 2.05) is 18.2 Å². The summed E-state index contributed by atoms with van der Waals surface area (Å²) in [6.07, 6.45) is 3.34. The summed E-state index contributed by atoms with van der Waals surface area (Å²) in [5.41, 5.74) is 2.54. The Bertz CT molecular complexity index is 722. The predicted octanol–water partition coefficient (Wildman–Crippen LogP) is 2.18. The third-order valence-electron chi connectivity index (χ3n) is 2.86. The molecule has 1 aromatic carbocycles. The lowest BCUT2D eigenvalue weighted by Gasteiger charge is -2.02. The number of benzene rings is 1. The van der Waals surface area contributed by atoms with Gasteiger partial charge < -0.3 is 9.84 Å². The van der Waals surface area contributed by atoms with E-state index in [4.69, 9.17) is 4.52 Å². The minimum Gasteiger partial charge on any atom is -0.338 e. The smallest absolute Gasteiger partial charge is 0.240 e. The molecule has 0 fully saturated rings. The molecule has 0 saturated carbocycles. The molecule has 20 heavy (non-hydrogen) atoms. The summed E-state index contributed by atoms with van der Waals surface area (Å²) in [4.78, 5) is 12.9. The summed E-state index contributed by atoms with van der Waals surface area (Å²) in [6.45, 7) is 4.70. The molecule has 2 heterocycles. The van der Waals surface area contributed by atoms with Gasteiger partial charge in [0.05, 0.1) is 17.6 Å². The third kappa shape index (κ3) is 2.65. The molecule has 0 aliphatic rings. The van der Waals surface area contributed by atoms with Crippen molar-refractivity contribution in [2.24, 2.45) is 0 Å². The van der Waals surface area contributed by atoms with Crippen molar-refractivity contribution in [3.63, 3.8) is 0 Å². The molecule has 1 N–H and O–H groups in total.